The Bertz CT molecular complexity index is 1020. The van der Waals surface area contributed by atoms with Crippen molar-refractivity contribution in [3.8, 4) is 0 Å². The molecule has 1 saturated heterocycles. The molecule has 8 nitrogen and oxygen atoms in total. The molecule has 5 amide bonds. The summed E-state index contributed by atoms with van der Waals surface area (Å²) in [5, 5.41) is 5.43. The SMILES string of the molecule is C[C@]1(CCc2ccccc2)NC(=O)N(CC(=O)N2CC(=O)Nc3ccccc32)C1=O. The van der Waals surface area contributed by atoms with Crippen LogP contribution in [0.3, 0.4) is 0 Å². The summed E-state index contributed by atoms with van der Waals surface area (Å²) < 4.78 is 0. The lowest BCUT2D eigenvalue weighted by Gasteiger charge is -2.30. The first kappa shape index (κ1) is 19.6. The molecule has 2 aliphatic rings. The fraction of sp³-hybridized carbons (Fsp3) is 0.273. The van der Waals surface area contributed by atoms with Gasteiger partial charge in [-0.1, -0.05) is 42.5 Å². The Balaban J connectivity index is 1.47. The third kappa shape index (κ3) is 3.63. The molecule has 0 spiro atoms. The zero-order chi connectivity index (χ0) is 21.3. The van der Waals surface area contributed by atoms with Gasteiger partial charge in [0.25, 0.3) is 5.91 Å². The second kappa shape index (κ2) is 7.62. The van der Waals surface area contributed by atoms with Crippen molar-refractivity contribution in [2.24, 2.45) is 0 Å². The van der Waals surface area contributed by atoms with Gasteiger partial charge in [-0.15, -0.1) is 0 Å². The molecule has 2 aromatic carbocycles. The molecule has 154 valence electrons. The van der Waals surface area contributed by atoms with Gasteiger partial charge in [-0.25, -0.2) is 4.79 Å². The normalized spacial score (nSPS) is 20.6. The maximum absolute atomic E-state index is 13.0. The highest BCUT2D eigenvalue weighted by molar-refractivity contribution is 6.14. The van der Waals surface area contributed by atoms with Crippen LogP contribution in [-0.2, 0) is 20.8 Å². The number of anilines is 2. The van der Waals surface area contributed by atoms with E-state index in [0.717, 1.165) is 10.5 Å². The van der Waals surface area contributed by atoms with E-state index in [1.165, 1.54) is 4.90 Å². The van der Waals surface area contributed by atoms with Crippen LogP contribution in [0.2, 0.25) is 0 Å². The summed E-state index contributed by atoms with van der Waals surface area (Å²) >= 11 is 0. The van der Waals surface area contributed by atoms with Crippen molar-refractivity contribution in [3.63, 3.8) is 0 Å². The molecule has 30 heavy (non-hydrogen) atoms. The summed E-state index contributed by atoms with van der Waals surface area (Å²) in [6.45, 7) is 1.09. The van der Waals surface area contributed by atoms with Crippen LogP contribution in [0.4, 0.5) is 16.2 Å². The number of urea groups is 1. The third-order valence-corrected chi connectivity index (χ3v) is 5.47. The first-order valence-electron chi connectivity index (χ1n) is 9.75. The van der Waals surface area contributed by atoms with E-state index in [0.29, 0.717) is 24.2 Å². The zero-order valence-corrected chi connectivity index (χ0v) is 16.6. The van der Waals surface area contributed by atoms with Crippen LogP contribution in [0.1, 0.15) is 18.9 Å². The van der Waals surface area contributed by atoms with Crippen LogP contribution in [0.25, 0.3) is 0 Å². The van der Waals surface area contributed by atoms with Crippen molar-refractivity contribution in [1.29, 1.82) is 0 Å². The number of rotatable bonds is 5. The van der Waals surface area contributed by atoms with Gasteiger partial charge >= 0.3 is 6.03 Å². The van der Waals surface area contributed by atoms with E-state index in [-0.39, 0.29) is 12.5 Å². The van der Waals surface area contributed by atoms with Crippen LogP contribution < -0.4 is 15.5 Å². The number of para-hydroxylation sites is 2. The lowest BCUT2D eigenvalue weighted by atomic mass is 9.93. The molecule has 0 radical (unpaired) electrons. The molecular formula is C22H22N4O4. The molecule has 1 fully saturated rings. The lowest BCUT2D eigenvalue weighted by molar-refractivity contribution is -0.134. The number of carbonyl (C=O) groups is 4. The zero-order valence-electron chi connectivity index (χ0n) is 16.6. The molecule has 0 saturated carbocycles. The van der Waals surface area contributed by atoms with E-state index in [4.69, 9.17) is 0 Å². The molecule has 8 heteroatoms. The van der Waals surface area contributed by atoms with Crippen molar-refractivity contribution in [2.75, 3.05) is 23.3 Å². The number of fused-ring (bicyclic) bond motifs is 1. The maximum atomic E-state index is 13.0. The first-order chi connectivity index (χ1) is 14.4. The molecule has 0 unspecified atom stereocenters. The van der Waals surface area contributed by atoms with Gasteiger partial charge in [0.1, 0.15) is 18.6 Å². The number of hydrogen-bond donors (Lipinski definition) is 2. The van der Waals surface area contributed by atoms with E-state index in [2.05, 4.69) is 10.6 Å². The Morgan fingerprint density at radius 2 is 1.73 bits per heavy atom. The highest BCUT2D eigenvalue weighted by atomic mass is 16.2. The molecule has 0 aromatic heterocycles. The van der Waals surface area contributed by atoms with Gasteiger partial charge in [0.15, 0.2) is 0 Å². The van der Waals surface area contributed by atoms with Gasteiger partial charge in [0.2, 0.25) is 11.8 Å². The second-order valence-electron chi connectivity index (χ2n) is 7.68. The van der Waals surface area contributed by atoms with Gasteiger partial charge in [-0.2, -0.15) is 0 Å². The third-order valence-electron chi connectivity index (χ3n) is 5.47. The molecule has 4 rings (SSSR count). The fourth-order valence-electron chi connectivity index (χ4n) is 3.78. The minimum atomic E-state index is -1.08. The Morgan fingerprint density at radius 1 is 1.03 bits per heavy atom. The van der Waals surface area contributed by atoms with E-state index in [9.17, 15) is 19.2 Å². The maximum Gasteiger partial charge on any atom is 0.325 e. The molecule has 2 aromatic rings. The highest BCUT2D eigenvalue weighted by Gasteiger charge is 2.48. The van der Waals surface area contributed by atoms with Gasteiger partial charge in [0, 0.05) is 0 Å². The molecule has 2 aliphatic heterocycles. The van der Waals surface area contributed by atoms with E-state index < -0.39 is 29.9 Å². The lowest BCUT2D eigenvalue weighted by Crippen LogP contribution is -2.49. The summed E-state index contributed by atoms with van der Waals surface area (Å²) in [5.41, 5.74) is 1.05. The Kier molecular flexibility index (Phi) is 4.99. The van der Waals surface area contributed by atoms with Gasteiger partial charge < -0.3 is 10.6 Å². The average Bonchev–Trinajstić information content (AvgIpc) is 2.95. The van der Waals surface area contributed by atoms with Crippen molar-refractivity contribution in [2.45, 2.75) is 25.3 Å². The number of imide groups is 1. The quantitative estimate of drug-likeness (QED) is 0.741. The minimum absolute atomic E-state index is 0.162. The van der Waals surface area contributed by atoms with Crippen molar-refractivity contribution in [1.82, 2.24) is 10.2 Å². The minimum Gasteiger partial charge on any atom is -0.323 e. The Hall–Kier alpha value is -3.68. The number of nitrogens with zero attached hydrogens (tertiary/aromatic N) is 2. The monoisotopic (exact) mass is 406 g/mol. The van der Waals surface area contributed by atoms with Gasteiger partial charge in [0.05, 0.1) is 11.4 Å². The predicted molar refractivity (Wildman–Crippen MR) is 111 cm³/mol. The van der Waals surface area contributed by atoms with Crippen LogP contribution in [0.5, 0.6) is 0 Å². The highest BCUT2D eigenvalue weighted by Crippen LogP contribution is 2.30. The first-order valence-corrected chi connectivity index (χ1v) is 9.75. The smallest absolute Gasteiger partial charge is 0.323 e. The summed E-state index contributed by atoms with van der Waals surface area (Å²) in [6, 6.07) is 16.0. The number of carbonyl (C=O) groups excluding carboxylic acids is 4. The predicted octanol–water partition coefficient (Wildman–Crippen LogP) is 1.91. The van der Waals surface area contributed by atoms with E-state index in [1.54, 1.807) is 31.2 Å². The van der Waals surface area contributed by atoms with E-state index >= 15 is 0 Å². The molecule has 0 bridgehead atoms. The summed E-state index contributed by atoms with van der Waals surface area (Å²) in [4.78, 5) is 52.6. The number of nitrogens with one attached hydrogen (secondary N) is 2. The molecule has 0 aliphatic carbocycles. The number of aryl methyl sites for hydroxylation is 1. The average molecular weight is 406 g/mol. The van der Waals surface area contributed by atoms with Crippen LogP contribution in [0.15, 0.2) is 54.6 Å². The number of hydrogen-bond acceptors (Lipinski definition) is 4. The molecule has 2 N–H and O–H groups in total. The van der Waals surface area contributed by atoms with E-state index in [1.807, 2.05) is 30.3 Å². The fourth-order valence-corrected chi connectivity index (χ4v) is 3.78. The van der Waals surface area contributed by atoms with Crippen LogP contribution >= 0.6 is 0 Å². The summed E-state index contributed by atoms with van der Waals surface area (Å²) in [6.07, 6.45) is 1.03. The molecular weight excluding hydrogens is 384 g/mol. The van der Waals surface area contributed by atoms with Crippen molar-refractivity contribution < 1.29 is 19.2 Å². The van der Waals surface area contributed by atoms with Crippen LogP contribution in [0, 0.1) is 0 Å². The van der Waals surface area contributed by atoms with Gasteiger partial charge in [-0.3, -0.25) is 24.2 Å². The van der Waals surface area contributed by atoms with Crippen LogP contribution in [-0.4, -0.2) is 47.3 Å². The standard InChI is InChI=1S/C22H22N4O4/c1-22(12-11-15-7-3-2-4-8-15)20(29)26(21(30)24-22)14-19(28)25-13-18(27)23-16-9-5-6-10-17(16)25/h2-10H,11-14H2,1H3,(H,23,27)(H,24,30)/t22-/m1/s1. The summed E-state index contributed by atoms with van der Waals surface area (Å²) in [7, 11) is 0. The topological polar surface area (TPSA) is 98.8 Å². The molecule has 1 atom stereocenters. The van der Waals surface area contributed by atoms with Crippen molar-refractivity contribution in [3.05, 3.63) is 60.2 Å². The number of amides is 5. The molecule has 2 heterocycles. The second-order valence-corrected chi connectivity index (χ2v) is 7.68. The number of benzene rings is 2. The van der Waals surface area contributed by atoms with Crippen molar-refractivity contribution >= 4 is 35.1 Å². The van der Waals surface area contributed by atoms with Gasteiger partial charge in [-0.05, 0) is 37.5 Å². The summed E-state index contributed by atoms with van der Waals surface area (Å²) in [5.74, 6) is -1.26. The largest absolute Gasteiger partial charge is 0.325 e. The Morgan fingerprint density at radius 3 is 2.50 bits per heavy atom. The Labute approximate surface area is 173 Å².